The van der Waals surface area contributed by atoms with Gasteiger partial charge in [-0.2, -0.15) is 15.2 Å². The molecule has 2 aromatic heterocycles. The largest absolute Gasteiger partial charge is 0.467 e. The third-order valence-electron chi connectivity index (χ3n) is 7.01. The molecule has 4 heterocycles. The van der Waals surface area contributed by atoms with Crippen LogP contribution in [0.2, 0.25) is 0 Å². The minimum atomic E-state index is -1.01. The van der Waals surface area contributed by atoms with Crippen LogP contribution in [0.1, 0.15) is 25.3 Å². The second-order valence-electron chi connectivity index (χ2n) is 9.80. The first-order valence-electron chi connectivity index (χ1n) is 13.8. The van der Waals surface area contributed by atoms with E-state index in [1.807, 2.05) is 4.90 Å². The number of amides is 1. The summed E-state index contributed by atoms with van der Waals surface area (Å²) in [5.74, 6) is -1.99. The Kier molecular flexibility index (Phi) is 11.8. The number of halogens is 2. The van der Waals surface area contributed by atoms with Gasteiger partial charge in [0.2, 0.25) is 0 Å². The summed E-state index contributed by atoms with van der Waals surface area (Å²) >= 11 is 0. The molecule has 1 amide bonds. The van der Waals surface area contributed by atoms with E-state index in [-0.39, 0.29) is 30.3 Å². The molecule has 0 spiro atoms. The molecule has 2 aliphatic rings. The van der Waals surface area contributed by atoms with E-state index in [4.69, 9.17) is 15.4 Å². The van der Waals surface area contributed by atoms with Crippen LogP contribution in [0.5, 0.6) is 6.01 Å². The molecule has 3 aromatic rings. The van der Waals surface area contributed by atoms with E-state index in [2.05, 4.69) is 38.8 Å². The number of fused-ring (bicyclic) bond motifs is 1. The zero-order valence-corrected chi connectivity index (χ0v) is 25.0. The minimum Gasteiger partial charge on any atom is -0.467 e. The van der Waals surface area contributed by atoms with E-state index in [0.717, 1.165) is 0 Å². The summed E-state index contributed by atoms with van der Waals surface area (Å²) in [4.78, 5) is 30.5. The number of nitriles is 1. The Hall–Kier alpha value is -4.70. The van der Waals surface area contributed by atoms with Crippen molar-refractivity contribution in [3.8, 4) is 23.3 Å². The topological polar surface area (TPSA) is 134 Å². The van der Waals surface area contributed by atoms with Crippen molar-refractivity contribution in [2.24, 2.45) is 0 Å². The number of methoxy groups -OCH3 is 1. The van der Waals surface area contributed by atoms with E-state index in [9.17, 15) is 9.18 Å². The molecule has 0 bridgehead atoms. The van der Waals surface area contributed by atoms with E-state index in [1.165, 1.54) is 57.3 Å². The first-order valence-corrected chi connectivity index (χ1v) is 13.8. The molecule has 5 rings (SSSR count). The Morgan fingerprint density at radius 3 is 2.35 bits per heavy atom. The number of pyridine rings is 1. The second kappa shape index (κ2) is 15.5. The molecular formula is C30H37F2N9O2. The van der Waals surface area contributed by atoms with Crippen molar-refractivity contribution >= 4 is 34.5 Å². The number of likely N-dealkylation sites (tertiary alicyclic amines) is 1. The summed E-state index contributed by atoms with van der Waals surface area (Å²) in [6.07, 6.45) is 5.51. The van der Waals surface area contributed by atoms with Crippen molar-refractivity contribution in [1.29, 1.82) is 10.7 Å². The summed E-state index contributed by atoms with van der Waals surface area (Å²) in [7, 11) is 5.25. The number of piperazine rings is 1. The third-order valence-corrected chi connectivity index (χ3v) is 7.01. The number of aromatic nitrogens is 3. The van der Waals surface area contributed by atoms with E-state index in [0.29, 0.717) is 41.1 Å². The molecule has 0 aliphatic carbocycles. The van der Waals surface area contributed by atoms with Gasteiger partial charge in [0.1, 0.15) is 17.0 Å². The Balaban J connectivity index is 0.000000486. The van der Waals surface area contributed by atoms with Crippen LogP contribution in [0.4, 0.5) is 20.3 Å². The number of carbonyl (C=O) groups is 1. The Morgan fingerprint density at radius 2 is 1.84 bits per heavy atom. The fraction of sp³-hybridized carbons (Fsp3) is 0.400. The number of hydrogen-bond donors (Lipinski definition) is 2. The van der Waals surface area contributed by atoms with Crippen LogP contribution in [-0.2, 0) is 4.79 Å². The summed E-state index contributed by atoms with van der Waals surface area (Å²) in [6.45, 7) is 8.34. The van der Waals surface area contributed by atoms with Crippen LogP contribution in [0.25, 0.3) is 22.2 Å². The van der Waals surface area contributed by atoms with Gasteiger partial charge in [-0.3, -0.25) is 9.78 Å². The van der Waals surface area contributed by atoms with Gasteiger partial charge in [-0.1, -0.05) is 24.8 Å². The van der Waals surface area contributed by atoms with Crippen molar-refractivity contribution < 1.29 is 18.3 Å². The summed E-state index contributed by atoms with van der Waals surface area (Å²) in [5, 5.41) is 18.3. The molecule has 1 aromatic carbocycles. The SMILES string of the molecule is C=C(F)C(=O)N1CCN(c2nc(OC)nc3c(F)c(-c4cccc(C=N)c4NC)ncc23)CC1.CC#N.CN1CCCC1. The number of rotatable bonds is 6. The van der Waals surface area contributed by atoms with Crippen LogP contribution in [-0.4, -0.2) is 97.3 Å². The lowest BCUT2D eigenvalue weighted by Gasteiger charge is -2.35. The van der Waals surface area contributed by atoms with Crippen molar-refractivity contribution in [2.75, 3.05) is 70.7 Å². The van der Waals surface area contributed by atoms with Gasteiger partial charge in [0.15, 0.2) is 11.6 Å². The predicted molar refractivity (Wildman–Crippen MR) is 164 cm³/mol. The van der Waals surface area contributed by atoms with Crippen LogP contribution < -0.4 is 15.0 Å². The number of nitrogens with zero attached hydrogens (tertiary/aromatic N) is 7. The van der Waals surface area contributed by atoms with Gasteiger partial charge in [0.05, 0.1) is 24.3 Å². The van der Waals surface area contributed by atoms with Gasteiger partial charge in [-0.05, 0) is 33.0 Å². The molecule has 0 unspecified atom stereocenters. The van der Waals surface area contributed by atoms with Crippen LogP contribution in [0.3, 0.4) is 0 Å². The lowest BCUT2D eigenvalue weighted by molar-refractivity contribution is -0.128. The van der Waals surface area contributed by atoms with Gasteiger partial charge >= 0.3 is 6.01 Å². The number of carbonyl (C=O) groups excluding carboxylic acids is 1. The fourth-order valence-corrected chi connectivity index (χ4v) is 4.88. The van der Waals surface area contributed by atoms with Gasteiger partial charge < -0.3 is 30.2 Å². The Labute approximate surface area is 250 Å². The normalized spacial score (nSPS) is 14.5. The number of hydrogen-bond acceptors (Lipinski definition) is 10. The highest BCUT2D eigenvalue weighted by Crippen LogP contribution is 2.35. The second-order valence-corrected chi connectivity index (χ2v) is 9.80. The molecule has 2 fully saturated rings. The van der Waals surface area contributed by atoms with Gasteiger partial charge in [0, 0.05) is 63.7 Å². The van der Waals surface area contributed by atoms with E-state index in [1.54, 1.807) is 31.3 Å². The number of benzene rings is 1. The molecule has 2 N–H and O–H groups in total. The van der Waals surface area contributed by atoms with Gasteiger partial charge in [-0.25, -0.2) is 8.78 Å². The van der Waals surface area contributed by atoms with E-state index < -0.39 is 17.6 Å². The Morgan fingerprint density at radius 1 is 1.19 bits per heavy atom. The average Bonchev–Trinajstić information content (AvgIpc) is 3.51. The van der Waals surface area contributed by atoms with Crippen molar-refractivity contribution in [3.05, 3.63) is 48.2 Å². The van der Waals surface area contributed by atoms with Crippen molar-refractivity contribution in [3.63, 3.8) is 0 Å². The molecular weight excluding hydrogens is 556 g/mol. The molecule has 43 heavy (non-hydrogen) atoms. The number of anilines is 2. The fourth-order valence-electron chi connectivity index (χ4n) is 4.88. The lowest BCUT2D eigenvalue weighted by Crippen LogP contribution is -2.49. The zero-order valence-electron chi connectivity index (χ0n) is 25.0. The molecule has 0 saturated carbocycles. The van der Waals surface area contributed by atoms with Crippen LogP contribution in [0, 0.1) is 22.6 Å². The van der Waals surface area contributed by atoms with Crippen molar-refractivity contribution in [2.45, 2.75) is 19.8 Å². The van der Waals surface area contributed by atoms with E-state index >= 15 is 4.39 Å². The maximum absolute atomic E-state index is 15.8. The predicted octanol–water partition coefficient (Wildman–Crippen LogP) is 4.25. The first-order chi connectivity index (χ1) is 20.7. The van der Waals surface area contributed by atoms with Crippen LogP contribution in [0.15, 0.2) is 36.8 Å². The molecule has 2 aliphatic heterocycles. The maximum atomic E-state index is 15.8. The summed E-state index contributed by atoms with van der Waals surface area (Å²) in [5.41, 5.74) is 1.75. The first kappa shape index (κ1) is 32.8. The zero-order chi connectivity index (χ0) is 31.5. The molecule has 2 saturated heterocycles. The standard InChI is InChI=1S/C23H23F2N7O2.C5H11N.C2H3N/c1-13(24)22(33)32-9-7-31(8-10-32)21-16-12-28-19(17(25)20(16)29-23(30-21)34-3)15-6-4-5-14(11-26)18(15)27-2;1-6-4-2-3-5-6;1-2-3/h4-6,11-12,26-27H,1,7-10H2,2-3H3;2-5H2,1H3;1H3. The molecule has 228 valence electrons. The molecule has 13 heteroatoms. The number of ether oxygens (including phenoxy) is 1. The number of nitrogens with one attached hydrogen (secondary N) is 2. The average molecular weight is 594 g/mol. The third kappa shape index (κ3) is 7.78. The molecule has 0 atom stereocenters. The van der Waals surface area contributed by atoms with Crippen molar-refractivity contribution in [1.82, 2.24) is 24.8 Å². The number of para-hydroxylation sites is 1. The lowest BCUT2D eigenvalue weighted by atomic mass is 10.0. The van der Waals surface area contributed by atoms with Crippen LogP contribution >= 0.6 is 0 Å². The monoisotopic (exact) mass is 593 g/mol. The highest BCUT2D eigenvalue weighted by Gasteiger charge is 2.27. The molecule has 0 radical (unpaired) electrons. The Bertz CT molecular complexity index is 1500. The quantitative estimate of drug-likeness (QED) is 0.318. The summed E-state index contributed by atoms with van der Waals surface area (Å²) in [6, 6.07) is 6.91. The highest BCUT2D eigenvalue weighted by molar-refractivity contribution is 5.96. The van der Waals surface area contributed by atoms with Gasteiger partial charge in [-0.15, -0.1) is 0 Å². The molecule has 11 nitrogen and oxygen atoms in total. The minimum absolute atomic E-state index is 0.0173. The highest BCUT2D eigenvalue weighted by atomic mass is 19.1. The summed E-state index contributed by atoms with van der Waals surface area (Å²) < 4.78 is 34.3. The maximum Gasteiger partial charge on any atom is 0.318 e. The smallest absolute Gasteiger partial charge is 0.318 e. The van der Waals surface area contributed by atoms with Gasteiger partial charge in [0.25, 0.3) is 5.91 Å².